The molecule has 1 atom stereocenters. The number of nitrogens with one attached hydrogen (secondary N) is 1. The zero-order chi connectivity index (χ0) is 14.3. The first-order chi connectivity index (χ1) is 9.04. The predicted molar refractivity (Wildman–Crippen MR) is 69.2 cm³/mol. The number of hydrogen-bond donors (Lipinski definition) is 2. The number of nitrogens with zero attached hydrogens (tertiary/aromatic N) is 2. The van der Waals surface area contributed by atoms with Crippen LogP contribution in [-0.4, -0.2) is 34.5 Å². The second-order valence-corrected chi connectivity index (χ2v) is 4.12. The monoisotopic (exact) mass is 266 g/mol. The van der Waals surface area contributed by atoms with Crippen LogP contribution in [0.5, 0.6) is 0 Å². The van der Waals surface area contributed by atoms with Crippen LogP contribution in [0, 0.1) is 0 Å². The SMILES string of the molecule is CCC[C@@H](C)NC(=O)COC(=O)c1nccnc1N. The lowest BCUT2D eigenvalue weighted by Gasteiger charge is -2.12. The van der Waals surface area contributed by atoms with Gasteiger partial charge in [0.25, 0.3) is 5.91 Å². The van der Waals surface area contributed by atoms with Crippen molar-refractivity contribution in [3.63, 3.8) is 0 Å². The molecule has 0 aliphatic heterocycles. The number of esters is 1. The Morgan fingerprint density at radius 3 is 2.74 bits per heavy atom. The molecule has 0 aliphatic carbocycles. The van der Waals surface area contributed by atoms with E-state index < -0.39 is 5.97 Å². The average molecular weight is 266 g/mol. The molecule has 0 unspecified atom stereocenters. The third kappa shape index (κ3) is 4.90. The average Bonchev–Trinajstić information content (AvgIpc) is 2.36. The lowest BCUT2D eigenvalue weighted by atomic mass is 10.2. The maximum absolute atomic E-state index is 11.6. The van der Waals surface area contributed by atoms with E-state index in [-0.39, 0.29) is 30.1 Å². The second-order valence-electron chi connectivity index (χ2n) is 4.12. The van der Waals surface area contributed by atoms with Crippen molar-refractivity contribution >= 4 is 17.7 Å². The highest BCUT2D eigenvalue weighted by atomic mass is 16.5. The number of hydrogen-bond acceptors (Lipinski definition) is 6. The van der Waals surface area contributed by atoms with Crippen LogP contribution in [-0.2, 0) is 9.53 Å². The molecule has 7 heteroatoms. The Kier molecular flexibility index (Phi) is 5.72. The normalized spacial score (nSPS) is 11.7. The van der Waals surface area contributed by atoms with Gasteiger partial charge in [-0.05, 0) is 13.3 Å². The van der Waals surface area contributed by atoms with Gasteiger partial charge in [0.2, 0.25) is 0 Å². The van der Waals surface area contributed by atoms with Crippen molar-refractivity contribution in [1.82, 2.24) is 15.3 Å². The molecule has 0 bridgehead atoms. The molecule has 0 spiro atoms. The first-order valence-corrected chi connectivity index (χ1v) is 6.07. The predicted octanol–water partition coefficient (Wildman–Crippen LogP) is 0.520. The summed E-state index contributed by atoms with van der Waals surface area (Å²) in [7, 11) is 0. The van der Waals surface area contributed by atoms with Crippen molar-refractivity contribution in [2.45, 2.75) is 32.7 Å². The Labute approximate surface area is 111 Å². The minimum Gasteiger partial charge on any atom is -0.451 e. The van der Waals surface area contributed by atoms with Gasteiger partial charge in [-0.3, -0.25) is 4.79 Å². The third-order valence-corrected chi connectivity index (χ3v) is 2.38. The van der Waals surface area contributed by atoms with E-state index in [1.165, 1.54) is 12.4 Å². The molecule has 1 rings (SSSR count). The quantitative estimate of drug-likeness (QED) is 0.727. The molecule has 7 nitrogen and oxygen atoms in total. The first-order valence-electron chi connectivity index (χ1n) is 6.07. The molecule has 0 fully saturated rings. The van der Waals surface area contributed by atoms with Crippen molar-refractivity contribution in [1.29, 1.82) is 0 Å². The molecule has 3 N–H and O–H groups in total. The Hall–Kier alpha value is -2.18. The zero-order valence-electron chi connectivity index (χ0n) is 11.0. The topological polar surface area (TPSA) is 107 Å². The number of nitrogens with two attached hydrogens (primary N) is 1. The van der Waals surface area contributed by atoms with Crippen LogP contribution in [0.2, 0.25) is 0 Å². The summed E-state index contributed by atoms with van der Waals surface area (Å²) >= 11 is 0. The van der Waals surface area contributed by atoms with Gasteiger partial charge < -0.3 is 15.8 Å². The molecule has 0 aromatic carbocycles. The van der Waals surface area contributed by atoms with Crippen molar-refractivity contribution < 1.29 is 14.3 Å². The molecule has 0 aliphatic rings. The molecule has 0 saturated heterocycles. The summed E-state index contributed by atoms with van der Waals surface area (Å²) in [5.74, 6) is -1.13. The van der Waals surface area contributed by atoms with E-state index in [2.05, 4.69) is 15.3 Å². The summed E-state index contributed by atoms with van der Waals surface area (Å²) in [5, 5.41) is 2.72. The fourth-order valence-electron chi connectivity index (χ4n) is 1.53. The van der Waals surface area contributed by atoms with Crippen LogP contribution >= 0.6 is 0 Å². The van der Waals surface area contributed by atoms with E-state index in [0.29, 0.717) is 0 Å². The van der Waals surface area contributed by atoms with Gasteiger partial charge in [0.1, 0.15) is 0 Å². The van der Waals surface area contributed by atoms with Crippen LogP contribution in [0.25, 0.3) is 0 Å². The van der Waals surface area contributed by atoms with Gasteiger partial charge in [-0.15, -0.1) is 0 Å². The van der Waals surface area contributed by atoms with Gasteiger partial charge >= 0.3 is 5.97 Å². The fourth-order valence-corrected chi connectivity index (χ4v) is 1.53. The van der Waals surface area contributed by atoms with E-state index in [0.717, 1.165) is 12.8 Å². The molecule has 1 heterocycles. The summed E-state index contributed by atoms with van der Waals surface area (Å²) in [4.78, 5) is 30.6. The van der Waals surface area contributed by atoms with Gasteiger partial charge in [-0.25, -0.2) is 14.8 Å². The molecule has 1 aromatic heterocycles. The summed E-state index contributed by atoms with van der Waals surface area (Å²) in [5.41, 5.74) is 5.39. The van der Waals surface area contributed by atoms with E-state index in [9.17, 15) is 9.59 Å². The first kappa shape index (κ1) is 14.9. The summed E-state index contributed by atoms with van der Waals surface area (Å²) in [6, 6.07) is 0.0535. The Bertz CT molecular complexity index is 450. The lowest BCUT2D eigenvalue weighted by molar-refractivity contribution is -0.124. The van der Waals surface area contributed by atoms with E-state index in [4.69, 9.17) is 10.5 Å². The summed E-state index contributed by atoms with van der Waals surface area (Å²) < 4.78 is 4.82. The highest BCUT2D eigenvalue weighted by Gasteiger charge is 2.15. The number of carbonyl (C=O) groups is 2. The van der Waals surface area contributed by atoms with Gasteiger partial charge in [0.15, 0.2) is 18.1 Å². The number of rotatable bonds is 6. The third-order valence-electron chi connectivity index (χ3n) is 2.38. The largest absolute Gasteiger partial charge is 0.451 e. The van der Waals surface area contributed by atoms with E-state index in [1.54, 1.807) is 0 Å². The number of aromatic nitrogens is 2. The Morgan fingerprint density at radius 1 is 1.42 bits per heavy atom. The molecule has 1 aromatic rings. The van der Waals surface area contributed by atoms with Gasteiger partial charge in [0, 0.05) is 18.4 Å². The van der Waals surface area contributed by atoms with Gasteiger partial charge in [-0.1, -0.05) is 13.3 Å². The fraction of sp³-hybridized carbons (Fsp3) is 0.500. The number of amides is 1. The second kappa shape index (κ2) is 7.30. The molecule has 0 radical (unpaired) electrons. The number of ether oxygens (including phenoxy) is 1. The van der Waals surface area contributed by atoms with E-state index in [1.807, 2.05) is 13.8 Å². The van der Waals surface area contributed by atoms with E-state index >= 15 is 0 Å². The van der Waals surface area contributed by atoms with Crippen LogP contribution in [0.3, 0.4) is 0 Å². The van der Waals surface area contributed by atoms with Gasteiger partial charge in [-0.2, -0.15) is 0 Å². The van der Waals surface area contributed by atoms with Crippen LogP contribution in [0.15, 0.2) is 12.4 Å². The number of nitrogen functional groups attached to an aromatic ring is 1. The molecule has 0 saturated carbocycles. The number of anilines is 1. The van der Waals surface area contributed by atoms with Crippen molar-refractivity contribution in [3.05, 3.63) is 18.1 Å². The minimum absolute atomic E-state index is 0.0211. The van der Waals surface area contributed by atoms with Crippen LogP contribution < -0.4 is 11.1 Å². The smallest absolute Gasteiger partial charge is 0.361 e. The highest BCUT2D eigenvalue weighted by Crippen LogP contribution is 2.04. The zero-order valence-corrected chi connectivity index (χ0v) is 11.0. The standard InChI is InChI=1S/C12H18N4O3/c1-3-4-8(2)16-9(17)7-19-12(18)10-11(13)15-6-5-14-10/h5-6,8H,3-4,7H2,1-2H3,(H2,13,15)(H,16,17)/t8-/m1/s1. The molecule has 1 amide bonds. The maximum Gasteiger partial charge on any atom is 0.361 e. The highest BCUT2D eigenvalue weighted by molar-refractivity contribution is 5.93. The maximum atomic E-state index is 11.6. The number of carbonyl (C=O) groups excluding carboxylic acids is 2. The molecule has 19 heavy (non-hydrogen) atoms. The summed E-state index contributed by atoms with van der Waals surface area (Å²) in [6.45, 7) is 3.56. The van der Waals surface area contributed by atoms with Crippen molar-refractivity contribution in [3.8, 4) is 0 Å². The van der Waals surface area contributed by atoms with Crippen molar-refractivity contribution in [2.24, 2.45) is 0 Å². The van der Waals surface area contributed by atoms with Crippen LogP contribution in [0.4, 0.5) is 5.82 Å². The Balaban J connectivity index is 2.42. The molecule has 104 valence electrons. The lowest BCUT2D eigenvalue weighted by Crippen LogP contribution is -2.35. The summed E-state index contributed by atoms with van der Waals surface area (Å²) in [6.07, 6.45) is 4.54. The molecular weight excluding hydrogens is 248 g/mol. The minimum atomic E-state index is -0.760. The Morgan fingerprint density at radius 2 is 2.11 bits per heavy atom. The van der Waals surface area contributed by atoms with Gasteiger partial charge in [0.05, 0.1) is 0 Å². The molecular formula is C12H18N4O3. The van der Waals surface area contributed by atoms with Crippen molar-refractivity contribution in [2.75, 3.05) is 12.3 Å². The van der Waals surface area contributed by atoms with Crippen LogP contribution in [0.1, 0.15) is 37.2 Å².